The predicted molar refractivity (Wildman–Crippen MR) is 122 cm³/mol. The molecule has 2 aromatic carbocycles. The molecule has 0 bridgehead atoms. The minimum Gasteiger partial charge on any atom is -0.451 e. The fourth-order valence-electron chi connectivity index (χ4n) is 4.40. The first-order chi connectivity index (χ1) is 14.7. The highest BCUT2D eigenvalue weighted by atomic mass is 19.1. The quantitative estimate of drug-likeness (QED) is 0.570. The summed E-state index contributed by atoms with van der Waals surface area (Å²) < 4.78 is 19.3. The molecule has 0 aliphatic carbocycles. The minimum atomic E-state index is -0.337. The molecule has 1 fully saturated rings. The van der Waals surface area contributed by atoms with E-state index in [9.17, 15) is 9.18 Å². The van der Waals surface area contributed by atoms with Gasteiger partial charge in [0.15, 0.2) is 5.76 Å². The van der Waals surface area contributed by atoms with E-state index in [1.54, 1.807) is 13.0 Å². The van der Waals surface area contributed by atoms with Gasteiger partial charge < -0.3 is 9.73 Å². The van der Waals surface area contributed by atoms with Gasteiger partial charge in [0, 0.05) is 17.5 Å². The maximum atomic E-state index is 13.6. The van der Waals surface area contributed by atoms with Crippen molar-refractivity contribution < 1.29 is 13.6 Å². The van der Waals surface area contributed by atoms with Crippen LogP contribution in [0.3, 0.4) is 0 Å². The number of hydrogen-bond acceptors (Lipinski definition) is 3. The summed E-state index contributed by atoms with van der Waals surface area (Å²) in [5.41, 5.74) is 3.80. The van der Waals surface area contributed by atoms with E-state index in [1.165, 1.54) is 36.1 Å². The number of nitrogens with zero attached hydrogens (tertiary/aromatic N) is 1. The zero-order valence-electron chi connectivity index (χ0n) is 18.8. The van der Waals surface area contributed by atoms with Gasteiger partial charge in [0.25, 0.3) is 5.91 Å². The van der Waals surface area contributed by atoms with Crippen LogP contribution in [0.2, 0.25) is 0 Å². The molecule has 4 nitrogen and oxygen atoms in total. The molecule has 1 aliphatic rings. The molecular formula is C26H31FN2O2. The molecule has 1 N–H and O–H groups in total. The zero-order valence-corrected chi connectivity index (χ0v) is 18.8. The Balaban J connectivity index is 1.54. The Kier molecular flexibility index (Phi) is 5.89. The highest BCUT2D eigenvalue weighted by molar-refractivity contribution is 5.98. The summed E-state index contributed by atoms with van der Waals surface area (Å²) in [5.74, 6) is -0.343. The number of rotatable bonds is 5. The Morgan fingerprint density at radius 1 is 1.13 bits per heavy atom. The second-order valence-electron chi connectivity index (χ2n) is 9.54. The molecule has 4 rings (SSSR count). The van der Waals surface area contributed by atoms with Crippen molar-refractivity contribution >= 4 is 16.9 Å². The van der Waals surface area contributed by atoms with Gasteiger partial charge in [0.1, 0.15) is 11.4 Å². The second-order valence-corrected chi connectivity index (χ2v) is 9.54. The number of carbonyl (C=O) groups is 1. The number of fused-ring (bicyclic) bond motifs is 1. The van der Waals surface area contributed by atoms with E-state index in [4.69, 9.17) is 4.42 Å². The van der Waals surface area contributed by atoms with Gasteiger partial charge in [-0.2, -0.15) is 0 Å². The number of furan rings is 1. The first-order valence-electron chi connectivity index (χ1n) is 11.1. The first-order valence-corrected chi connectivity index (χ1v) is 11.1. The molecule has 2 heterocycles. The number of halogens is 1. The zero-order chi connectivity index (χ0) is 22.2. The van der Waals surface area contributed by atoms with Crippen LogP contribution in [0.5, 0.6) is 0 Å². The van der Waals surface area contributed by atoms with Crippen LogP contribution < -0.4 is 5.32 Å². The van der Waals surface area contributed by atoms with Gasteiger partial charge in [0.2, 0.25) is 0 Å². The van der Waals surface area contributed by atoms with E-state index in [1.807, 2.05) is 0 Å². The third-order valence-electron chi connectivity index (χ3n) is 6.30. The van der Waals surface area contributed by atoms with Crippen molar-refractivity contribution in [2.24, 2.45) is 0 Å². The molecule has 5 heteroatoms. The SMILES string of the molecule is Cc1c(C(=O)NC[C@@H](c2ccc(C(C)(C)C)cc2)N2CCCC2)oc2ccc(F)cc12. The highest BCUT2D eigenvalue weighted by Gasteiger charge is 2.26. The molecule has 0 unspecified atom stereocenters. The summed E-state index contributed by atoms with van der Waals surface area (Å²) in [6.45, 7) is 11.0. The molecule has 0 spiro atoms. The lowest BCUT2D eigenvalue weighted by atomic mass is 9.86. The van der Waals surface area contributed by atoms with Crippen molar-refractivity contribution in [2.75, 3.05) is 19.6 Å². The first kappa shape index (κ1) is 21.6. The number of likely N-dealkylation sites (tertiary alicyclic amines) is 1. The Morgan fingerprint density at radius 2 is 1.81 bits per heavy atom. The molecule has 1 saturated heterocycles. The Morgan fingerprint density at radius 3 is 2.45 bits per heavy atom. The van der Waals surface area contributed by atoms with E-state index in [0.717, 1.165) is 13.1 Å². The predicted octanol–water partition coefficient (Wildman–Crippen LogP) is 5.74. The van der Waals surface area contributed by atoms with Crippen molar-refractivity contribution in [3.8, 4) is 0 Å². The standard InChI is InChI=1S/C26H31FN2O2/c1-17-21-15-20(27)11-12-23(21)31-24(17)25(30)28-16-22(29-13-5-6-14-29)18-7-9-19(10-8-18)26(2,3)4/h7-12,15,22H,5-6,13-14,16H2,1-4H3,(H,28,30)/t22-/m0/s1. The van der Waals surface area contributed by atoms with Gasteiger partial charge in [-0.3, -0.25) is 9.69 Å². The lowest BCUT2D eigenvalue weighted by Crippen LogP contribution is -2.37. The van der Waals surface area contributed by atoms with Crippen molar-refractivity contribution in [3.05, 3.63) is 70.7 Å². The maximum absolute atomic E-state index is 13.6. The molecule has 3 aromatic rings. The molecule has 1 aromatic heterocycles. The van der Waals surface area contributed by atoms with E-state index >= 15 is 0 Å². The minimum absolute atomic E-state index is 0.105. The van der Waals surface area contributed by atoms with Crippen LogP contribution >= 0.6 is 0 Å². The summed E-state index contributed by atoms with van der Waals surface area (Å²) in [4.78, 5) is 15.4. The third-order valence-corrected chi connectivity index (χ3v) is 6.30. The molecule has 1 aliphatic heterocycles. The molecule has 31 heavy (non-hydrogen) atoms. The van der Waals surface area contributed by atoms with Gasteiger partial charge in [-0.25, -0.2) is 4.39 Å². The number of carbonyl (C=O) groups excluding carboxylic acids is 1. The van der Waals surface area contributed by atoms with Crippen molar-refractivity contribution in [3.63, 3.8) is 0 Å². The van der Waals surface area contributed by atoms with Crippen LogP contribution in [0.15, 0.2) is 46.9 Å². The summed E-state index contributed by atoms with van der Waals surface area (Å²) >= 11 is 0. The lowest BCUT2D eigenvalue weighted by molar-refractivity contribution is 0.0911. The molecule has 0 radical (unpaired) electrons. The average molecular weight is 423 g/mol. The smallest absolute Gasteiger partial charge is 0.287 e. The molecular weight excluding hydrogens is 391 g/mol. The van der Waals surface area contributed by atoms with Gasteiger partial charge >= 0.3 is 0 Å². The summed E-state index contributed by atoms with van der Waals surface area (Å²) in [6.07, 6.45) is 2.36. The van der Waals surface area contributed by atoms with E-state index in [-0.39, 0.29) is 28.9 Å². The fourth-order valence-corrected chi connectivity index (χ4v) is 4.40. The normalized spacial score (nSPS) is 16.0. The Hall–Kier alpha value is -2.66. The van der Waals surface area contributed by atoms with Gasteiger partial charge in [0.05, 0.1) is 6.04 Å². The molecule has 1 amide bonds. The van der Waals surface area contributed by atoms with Gasteiger partial charge in [-0.15, -0.1) is 0 Å². The van der Waals surface area contributed by atoms with Gasteiger partial charge in [-0.05, 0) is 67.6 Å². The summed E-state index contributed by atoms with van der Waals surface area (Å²) in [6, 6.07) is 13.2. The third kappa shape index (κ3) is 4.52. The van der Waals surface area contributed by atoms with Crippen LogP contribution in [-0.2, 0) is 5.41 Å². The van der Waals surface area contributed by atoms with Crippen LogP contribution in [0.4, 0.5) is 4.39 Å². The monoisotopic (exact) mass is 422 g/mol. The maximum Gasteiger partial charge on any atom is 0.287 e. The van der Waals surface area contributed by atoms with Crippen molar-refractivity contribution in [2.45, 2.75) is 52.0 Å². The number of benzene rings is 2. The van der Waals surface area contributed by atoms with Crippen molar-refractivity contribution in [1.82, 2.24) is 10.2 Å². The number of aryl methyl sites for hydroxylation is 1. The Bertz CT molecular complexity index is 1070. The van der Waals surface area contributed by atoms with Gasteiger partial charge in [-0.1, -0.05) is 45.0 Å². The van der Waals surface area contributed by atoms with Crippen LogP contribution in [-0.4, -0.2) is 30.4 Å². The number of nitrogens with one attached hydrogen (secondary N) is 1. The Labute approximate surface area is 183 Å². The molecule has 164 valence electrons. The lowest BCUT2D eigenvalue weighted by Gasteiger charge is -2.29. The number of hydrogen-bond donors (Lipinski definition) is 1. The number of amides is 1. The van der Waals surface area contributed by atoms with E-state index in [0.29, 0.717) is 23.1 Å². The highest BCUT2D eigenvalue weighted by Crippen LogP contribution is 2.29. The fraction of sp³-hybridized carbons (Fsp3) is 0.423. The largest absolute Gasteiger partial charge is 0.451 e. The second kappa shape index (κ2) is 8.46. The van der Waals surface area contributed by atoms with Crippen LogP contribution in [0.25, 0.3) is 11.0 Å². The van der Waals surface area contributed by atoms with E-state index < -0.39 is 0 Å². The topological polar surface area (TPSA) is 45.5 Å². The average Bonchev–Trinajstić information content (AvgIpc) is 3.37. The summed E-state index contributed by atoms with van der Waals surface area (Å²) in [5, 5.41) is 3.71. The van der Waals surface area contributed by atoms with Crippen molar-refractivity contribution in [1.29, 1.82) is 0 Å². The van der Waals surface area contributed by atoms with Crippen LogP contribution in [0, 0.1) is 12.7 Å². The summed E-state index contributed by atoms with van der Waals surface area (Å²) in [7, 11) is 0. The molecule has 1 atom stereocenters. The van der Waals surface area contributed by atoms with E-state index in [2.05, 4.69) is 55.3 Å². The van der Waals surface area contributed by atoms with Crippen LogP contribution in [0.1, 0.15) is 66.9 Å². The molecule has 0 saturated carbocycles.